The number of aromatic nitrogens is 2. The molecule has 1 aromatic carbocycles. The van der Waals surface area contributed by atoms with Gasteiger partial charge in [0, 0.05) is 4.90 Å². The molecule has 0 amide bonds. The Labute approximate surface area is 125 Å². The maximum atomic E-state index is 11.3. The molecule has 2 aromatic rings. The highest BCUT2D eigenvalue weighted by atomic mass is 32.2. The predicted molar refractivity (Wildman–Crippen MR) is 78.9 cm³/mol. The molecule has 0 aliphatic heterocycles. The van der Waals surface area contributed by atoms with E-state index in [1.807, 2.05) is 30.5 Å². The van der Waals surface area contributed by atoms with Crippen molar-refractivity contribution >= 4 is 29.5 Å². The van der Waals surface area contributed by atoms with Crippen LogP contribution in [0.1, 0.15) is 6.92 Å². The van der Waals surface area contributed by atoms with Crippen molar-refractivity contribution in [3.63, 3.8) is 0 Å². The van der Waals surface area contributed by atoms with Crippen LogP contribution < -0.4 is 0 Å². The van der Waals surface area contributed by atoms with Crippen LogP contribution in [0, 0.1) is 0 Å². The van der Waals surface area contributed by atoms with Gasteiger partial charge in [-0.25, -0.2) is 0 Å². The van der Waals surface area contributed by atoms with Gasteiger partial charge in [-0.15, -0.1) is 22.0 Å². The summed E-state index contributed by atoms with van der Waals surface area (Å²) in [5.74, 6) is 0.336. The quantitative estimate of drug-likeness (QED) is 0.600. The van der Waals surface area contributed by atoms with E-state index in [0.29, 0.717) is 17.7 Å². The maximum absolute atomic E-state index is 11.3. The van der Waals surface area contributed by atoms with Gasteiger partial charge < -0.3 is 9.15 Å². The molecular weight excluding hydrogens is 296 g/mol. The second kappa shape index (κ2) is 7.35. The second-order valence-electron chi connectivity index (χ2n) is 3.67. The molecule has 5 nitrogen and oxygen atoms in total. The first-order valence-electron chi connectivity index (χ1n) is 6.00. The highest BCUT2D eigenvalue weighted by molar-refractivity contribution is 7.99. The van der Waals surface area contributed by atoms with Crippen molar-refractivity contribution in [3.8, 4) is 11.5 Å². The molecular formula is C13H14N2O3S2. The van der Waals surface area contributed by atoms with Crippen molar-refractivity contribution < 1.29 is 13.9 Å². The molecule has 0 unspecified atom stereocenters. The highest BCUT2D eigenvalue weighted by Gasteiger charge is 2.13. The highest BCUT2D eigenvalue weighted by Crippen LogP contribution is 2.30. The van der Waals surface area contributed by atoms with Gasteiger partial charge in [-0.1, -0.05) is 23.9 Å². The molecule has 7 heteroatoms. The van der Waals surface area contributed by atoms with Gasteiger partial charge in [0.25, 0.3) is 5.22 Å². The van der Waals surface area contributed by atoms with Gasteiger partial charge >= 0.3 is 5.97 Å². The van der Waals surface area contributed by atoms with E-state index < -0.39 is 0 Å². The summed E-state index contributed by atoms with van der Waals surface area (Å²) in [4.78, 5) is 12.3. The average Bonchev–Trinajstić information content (AvgIpc) is 2.94. The van der Waals surface area contributed by atoms with Gasteiger partial charge in [-0.2, -0.15) is 0 Å². The Bertz CT molecular complexity index is 587. The van der Waals surface area contributed by atoms with E-state index in [1.165, 1.54) is 11.8 Å². The molecule has 0 fully saturated rings. The lowest BCUT2D eigenvalue weighted by molar-refractivity contribution is -0.139. The molecule has 0 saturated heterocycles. The molecule has 1 heterocycles. The van der Waals surface area contributed by atoms with Crippen LogP contribution in [0.3, 0.4) is 0 Å². The number of benzene rings is 1. The number of esters is 1. The smallest absolute Gasteiger partial charge is 0.316 e. The van der Waals surface area contributed by atoms with E-state index >= 15 is 0 Å². The summed E-state index contributed by atoms with van der Waals surface area (Å²) < 4.78 is 10.4. The predicted octanol–water partition coefficient (Wildman–Crippen LogP) is 3.11. The van der Waals surface area contributed by atoms with Crippen LogP contribution in [-0.2, 0) is 9.53 Å². The number of hydrogen-bond acceptors (Lipinski definition) is 7. The molecule has 0 bridgehead atoms. The standard InChI is InChI=1S/C13H14N2O3S2/c1-3-17-11(16)8-20-13-15-14-12(18-13)9-6-4-5-7-10(9)19-2/h4-7H,3,8H2,1-2H3. The van der Waals surface area contributed by atoms with E-state index in [-0.39, 0.29) is 11.7 Å². The summed E-state index contributed by atoms with van der Waals surface area (Å²) in [7, 11) is 0. The zero-order valence-corrected chi connectivity index (χ0v) is 12.8. The largest absolute Gasteiger partial charge is 0.465 e. The summed E-state index contributed by atoms with van der Waals surface area (Å²) in [6, 6.07) is 7.81. The first-order chi connectivity index (χ1) is 9.74. The number of carbonyl (C=O) groups is 1. The Morgan fingerprint density at radius 1 is 1.35 bits per heavy atom. The zero-order valence-electron chi connectivity index (χ0n) is 11.2. The van der Waals surface area contributed by atoms with Crippen molar-refractivity contribution in [3.05, 3.63) is 24.3 Å². The molecule has 0 aliphatic rings. The van der Waals surface area contributed by atoms with E-state index in [2.05, 4.69) is 10.2 Å². The fourth-order valence-electron chi connectivity index (χ4n) is 1.52. The lowest BCUT2D eigenvalue weighted by Crippen LogP contribution is -2.06. The Morgan fingerprint density at radius 3 is 2.90 bits per heavy atom. The van der Waals surface area contributed by atoms with E-state index in [0.717, 1.165) is 10.5 Å². The first-order valence-corrected chi connectivity index (χ1v) is 8.21. The molecule has 106 valence electrons. The van der Waals surface area contributed by atoms with Gasteiger partial charge in [-0.05, 0) is 25.3 Å². The first kappa shape index (κ1) is 14.9. The number of rotatable bonds is 6. The Morgan fingerprint density at radius 2 is 2.15 bits per heavy atom. The normalized spacial score (nSPS) is 10.5. The number of ether oxygens (including phenoxy) is 1. The van der Waals surface area contributed by atoms with Crippen LogP contribution in [0.5, 0.6) is 0 Å². The van der Waals surface area contributed by atoms with E-state index in [1.54, 1.807) is 18.7 Å². The third-order valence-electron chi connectivity index (χ3n) is 2.36. The zero-order chi connectivity index (χ0) is 14.4. The molecule has 0 N–H and O–H groups in total. The lowest BCUT2D eigenvalue weighted by Gasteiger charge is -2.01. The Hall–Kier alpha value is -1.47. The van der Waals surface area contributed by atoms with Crippen molar-refractivity contribution in [2.45, 2.75) is 17.0 Å². The van der Waals surface area contributed by atoms with Gasteiger partial charge in [-0.3, -0.25) is 4.79 Å². The van der Waals surface area contributed by atoms with E-state index in [4.69, 9.17) is 9.15 Å². The van der Waals surface area contributed by atoms with Gasteiger partial charge in [0.15, 0.2) is 0 Å². The monoisotopic (exact) mass is 310 g/mol. The number of nitrogens with zero attached hydrogens (tertiary/aromatic N) is 2. The molecule has 0 spiro atoms. The Kier molecular flexibility index (Phi) is 5.49. The summed E-state index contributed by atoms with van der Waals surface area (Å²) in [5, 5.41) is 8.31. The number of hydrogen-bond donors (Lipinski definition) is 0. The summed E-state index contributed by atoms with van der Waals surface area (Å²) in [6.45, 7) is 2.14. The molecule has 0 saturated carbocycles. The van der Waals surface area contributed by atoms with E-state index in [9.17, 15) is 4.79 Å². The third-order valence-corrected chi connectivity index (χ3v) is 3.95. The van der Waals surface area contributed by atoms with Crippen LogP contribution in [0.25, 0.3) is 11.5 Å². The molecule has 1 aromatic heterocycles. The minimum Gasteiger partial charge on any atom is -0.465 e. The maximum Gasteiger partial charge on any atom is 0.316 e. The minimum absolute atomic E-state index is 0.166. The summed E-state index contributed by atoms with van der Waals surface area (Å²) in [5.41, 5.74) is 0.899. The fraction of sp³-hybridized carbons (Fsp3) is 0.308. The lowest BCUT2D eigenvalue weighted by atomic mass is 10.2. The third kappa shape index (κ3) is 3.77. The SMILES string of the molecule is CCOC(=O)CSc1nnc(-c2ccccc2SC)o1. The Balaban J connectivity index is 2.07. The fourth-order valence-corrected chi connectivity index (χ4v) is 2.67. The van der Waals surface area contributed by atoms with Crippen molar-refractivity contribution in [1.82, 2.24) is 10.2 Å². The molecule has 2 rings (SSSR count). The minimum atomic E-state index is -0.290. The van der Waals surface area contributed by atoms with Crippen LogP contribution in [0.4, 0.5) is 0 Å². The molecule has 20 heavy (non-hydrogen) atoms. The number of thioether (sulfide) groups is 2. The van der Waals surface area contributed by atoms with Crippen LogP contribution in [0.2, 0.25) is 0 Å². The average molecular weight is 310 g/mol. The van der Waals surface area contributed by atoms with Crippen molar-refractivity contribution in [2.75, 3.05) is 18.6 Å². The van der Waals surface area contributed by atoms with Crippen LogP contribution >= 0.6 is 23.5 Å². The molecule has 0 aliphatic carbocycles. The van der Waals surface area contributed by atoms with Gasteiger partial charge in [0.2, 0.25) is 5.89 Å². The van der Waals surface area contributed by atoms with Crippen molar-refractivity contribution in [1.29, 1.82) is 0 Å². The summed E-state index contributed by atoms with van der Waals surface area (Å²) in [6.07, 6.45) is 1.99. The molecule has 0 radical (unpaired) electrons. The second-order valence-corrected chi connectivity index (χ2v) is 5.44. The van der Waals surface area contributed by atoms with Crippen molar-refractivity contribution in [2.24, 2.45) is 0 Å². The molecule has 0 atom stereocenters. The van der Waals surface area contributed by atoms with Crippen LogP contribution in [-0.4, -0.2) is 34.8 Å². The topological polar surface area (TPSA) is 65.2 Å². The summed E-state index contributed by atoms with van der Waals surface area (Å²) >= 11 is 2.79. The van der Waals surface area contributed by atoms with Crippen LogP contribution in [0.15, 0.2) is 38.8 Å². The number of carbonyl (C=O) groups excluding carboxylic acids is 1. The van der Waals surface area contributed by atoms with Gasteiger partial charge in [0.05, 0.1) is 12.2 Å². The van der Waals surface area contributed by atoms with Gasteiger partial charge in [0.1, 0.15) is 5.75 Å².